The summed E-state index contributed by atoms with van der Waals surface area (Å²) in [5.41, 5.74) is 5.71. The zero-order valence-corrected chi connectivity index (χ0v) is 9.00. The van der Waals surface area contributed by atoms with Crippen molar-refractivity contribution in [3.63, 3.8) is 0 Å². The van der Waals surface area contributed by atoms with Gasteiger partial charge in [0.1, 0.15) is 0 Å². The Morgan fingerprint density at radius 3 is 2.75 bits per heavy atom. The van der Waals surface area contributed by atoms with Crippen molar-refractivity contribution in [2.75, 3.05) is 6.54 Å². The zero-order chi connectivity index (χ0) is 12.1. The highest BCUT2D eigenvalue weighted by molar-refractivity contribution is 5.23. The van der Waals surface area contributed by atoms with Crippen LogP contribution in [0.5, 0.6) is 0 Å². The second-order valence-corrected chi connectivity index (χ2v) is 3.49. The summed E-state index contributed by atoms with van der Waals surface area (Å²) in [7, 11) is 0. The monoisotopic (exact) mass is 224 g/mol. The van der Waals surface area contributed by atoms with E-state index in [2.05, 4.69) is 11.2 Å². The van der Waals surface area contributed by atoms with Gasteiger partial charge in [0, 0.05) is 18.2 Å². The largest absolute Gasteiger partial charge is 0.329 e. The fourth-order valence-electron chi connectivity index (χ4n) is 1.42. The third-order valence-electron chi connectivity index (χ3n) is 2.29. The van der Waals surface area contributed by atoms with Crippen LogP contribution in [0.2, 0.25) is 0 Å². The van der Waals surface area contributed by atoms with E-state index in [0.717, 1.165) is 6.07 Å². The molecule has 86 valence electrons. The molecule has 0 spiro atoms. The Balaban J connectivity index is 2.96. The van der Waals surface area contributed by atoms with Gasteiger partial charge >= 0.3 is 0 Å². The molecule has 1 rings (SSSR count). The van der Waals surface area contributed by atoms with E-state index in [9.17, 15) is 8.78 Å². The molecule has 16 heavy (non-hydrogen) atoms. The van der Waals surface area contributed by atoms with Crippen LogP contribution in [0.4, 0.5) is 8.78 Å². The van der Waals surface area contributed by atoms with Crippen LogP contribution < -0.4 is 11.1 Å². The van der Waals surface area contributed by atoms with Crippen molar-refractivity contribution in [3.8, 4) is 12.3 Å². The van der Waals surface area contributed by atoms with Gasteiger partial charge < -0.3 is 5.73 Å². The van der Waals surface area contributed by atoms with Crippen molar-refractivity contribution in [2.45, 2.75) is 19.0 Å². The molecule has 0 saturated carbocycles. The Kier molecular flexibility index (Phi) is 4.41. The summed E-state index contributed by atoms with van der Waals surface area (Å²) >= 11 is 0. The number of nitrogens with one attached hydrogen (secondary N) is 1. The van der Waals surface area contributed by atoms with E-state index >= 15 is 0 Å². The first-order chi connectivity index (χ1) is 7.60. The van der Waals surface area contributed by atoms with Crippen LogP contribution in [-0.2, 0) is 0 Å². The lowest BCUT2D eigenvalue weighted by atomic mass is 10.1. The first-order valence-corrected chi connectivity index (χ1v) is 4.96. The molecule has 0 aliphatic heterocycles. The van der Waals surface area contributed by atoms with Crippen LogP contribution in [0.15, 0.2) is 18.2 Å². The highest BCUT2D eigenvalue weighted by atomic mass is 19.2. The van der Waals surface area contributed by atoms with Gasteiger partial charge in [0.15, 0.2) is 11.6 Å². The zero-order valence-electron chi connectivity index (χ0n) is 9.00. The van der Waals surface area contributed by atoms with Crippen LogP contribution in [0.1, 0.15) is 18.5 Å². The number of nitrogens with two attached hydrogens (primary N) is 1. The van der Waals surface area contributed by atoms with Crippen molar-refractivity contribution in [2.24, 2.45) is 5.73 Å². The third kappa shape index (κ3) is 2.78. The Labute approximate surface area is 93.8 Å². The van der Waals surface area contributed by atoms with Crippen LogP contribution in [0.25, 0.3) is 0 Å². The van der Waals surface area contributed by atoms with Crippen molar-refractivity contribution < 1.29 is 8.78 Å². The van der Waals surface area contributed by atoms with Gasteiger partial charge in [-0.25, -0.2) is 8.78 Å². The van der Waals surface area contributed by atoms with Crippen LogP contribution in [0.3, 0.4) is 0 Å². The van der Waals surface area contributed by atoms with Crippen molar-refractivity contribution in [1.82, 2.24) is 5.32 Å². The fraction of sp³-hybridized carbons (Fsp3) is 0.333. The first-order valence-electron chi connectivity index (χ1n) is 4.96. The number of terminal acetylenes is 1. The maximum absolute atomic E-state index is 13.5. The van der Waals surface area contributed by atoms with E-state index in [1.54, 1.807) is 6.92 Å². The average molecular weight is 224 g/mol. The van der Waals surface area contributed by atoms with Crippen molar-refractivity contribution in [1.29, 1.82) is 0 Å². The lowest BCUT2D eigenvalue weighted by Crippen LogP contribution is -2.34. The minimum Gasteiger partial charge on any atom is -0.329 e. The minimum absolute atomic E-state index is 0.145. The number of halogens is 2. The molecular formula is C12H14F2N2. The maximum Gasteiger partial charge on any atom is 0.163 e. The van der Waals surface area contributed by atoms with Crippen LogP contribution in [-0.4, -0.2) is 12.6 Å². The molecule has 4 heteroatoms. The van der Waals surface area contributed by atoms with E-state index in [4.69, 9.17) is 12.2 Å². The number of hydrogen-bond donors (Lipinski definition) is 2. The molecule has 2 nitrogen and oxygen atoms in total. The summed E-state index contributed by atoms with van der Waals surface area (Å²) in [6, 6.07) is 3.26. The number of hydrogen-bond acceptors (Lipinski definition) is 2. The molecule has 1 aromatic rings. The summed E-state index contributed by atoms with van der Waals surface area (Å²) in [5, 5.41) is 2.93. The van der Waals surface area contributed by atoms with Crippen LogP contribution >= 0.6 is 0 Å². The molecule has 3 N–H and O–H groups in total. The van der Waals surface area contributed by atoms with E-state index in [-0.39, 0.29) is 18.2 Å². The molecule has 0 amide bonds. The normalized spacial score (nSPS) is 14.2. The quantitative estimate of drug-likeness (QED) is 0.762. The summed E-state index contributed by atoms with van der Waals surface area (Å²) in [4.78, 5) is 0. The van der Waals surface area contributed by atoms with Gasteiger partial charge in [0.25, 0.3) is 0 Å². The molecule has 0 fully saturated rings. The van der Waals surface area contributed by atoms with Crippen molar-refractivity contribution in [3.05, 3.63) is 35.4 Å². The summed E-state index contributed by atoms with van der Waals surface area (Å²) in [6.07, 6.45) is 5.20. The Morgan fingerprint density at radius 2 is 2.19 bits per heavy atom. The smallest absolute Gasteiger partial charge is 0.163 e. The fourth-order valence-corrected chi connectivity index (χ4v) is 1.42. The highest BCUT2D eigenvalue weighted by Gasteiger charge is 2.17. The molecule has 0 saturated heterocycles. The van der Waals surface area contributed by atoms with Gasteiger partial charge in [0.05, 0.1) is 6.04 Å². The van der Waals surface area contributed by atoms with Gasteiger partial charge in [-0.1, -0.05) is 18.1 Å². The molecular weight excluding hydrogens is 210 g/mol. The second kappa shape index (κ2) is 5.59. The molecule has 2 atom stereocenters. The SMILES string of the molecule is C#CC(C)NC(CN)c1cccc(F)c1F. The predicted octanol–water partition coefficient (Wildman–Crippen LogP) is 1.58. The van der Waals surface area contributed by atoms with Gasteiger partial charge in [-0.15, -0.1) is 6.42 Å². The average Bonchev–Trinajstić information content (AvgIpc) is 2.29. The highest BCUT2D eigenvalue weighted by Crippen LogP contribution is 2.18. The first kappa shape index (κ1) is 12.6. The summed E-state index contributed by atoms with van der Waals surface area (Å²) < 4.78 is 26.5. The van der Waals surface area contributed by atoms with Gasteiger partial charge in [0.2, 0.25) is 0 Å². The molecule has 0 radical (unpaired) electrons. The topological polar surface area (TPSA) is 38.0 Å². The van der Waals surface area contributed by atoms with E-state index < -0.39 is 17.7 Å². The predicted molar refractivity (Wildman–Crippen MR) is 59.6 cm³/mol. The number of rotatable bonds is 4. The summed E-state index contributed by atoms with van der Waals surface area (Å²) in [5.74, 6) is 0.688. The summed E-state index contributed by atoms with van der Waals surface area (Å²) in [6.45, 7) is 1.90. The molecule has 0 bridgehead atoms. The standard InChI is InChI=1S/C12H14F2N2/c1-3-8(2)16-11(7-15)9-5-4-6-10(13)12(9)14/h1,4-6,8,11,16H,7,15H2,2H3. The molecule has 0 heterocycles. The lowest BCUT2D eigenvalue weighted by molar-refractivity contribution is 0.456. The Bertz CT molecular complexity index is 398. The minimum atomic E-state index is -0.883. The van der Waals surface area contributed by atoms with E-state index in [0.29, 0.717) is 0 Å². The number of benzene rings is 1. The Morgan fingerprint density at radius 1 is 1.50 bits per heavy atom. The molecule has 1 aromatic carbocycles. The van der Waals surface area contributed by atoms with E-state index in [1.807, 2.05) is 0 Å². The third-order valence-corrected chi connectivity index (χ3v) is 2.29. The Hall–Kier alpha value is -1.44. The molecule has 2 unspecified atom stereocenters. The second-order valence-electron chi connectivity index (χ2n) is 3.49. The molecule has 0 aliphatic rings. The van der Waals surface area contributed by atoms with Gasteiger partial charge in [-0.3, -0.25) is 5.32 Å². The molecule has 0 aromatic heterocycles. The maximum atomic E-state index is 13.5. The van der Waals surface area contributed by atoms with Crippen LogP contribution in [0, 0.1) is 24.0 Å². The van der Waals surface area contributed by atoms with Gasteiger partial charge in [-0.05, 0) is 13.0 Å². The van der Waals surface area contributed by atoms with E-state index in [1.165, 1.54) is 12.1 Å². The van der Waals surface area contributed by atoms with Gasteiger partial charge in [-0.2, -0.15) is 0 Å². The molecule has 0 aliphatic carbocycles. The lowest BCUT2D eigenvalue weighted by Gasteiger charge is -2.20. The van der Waals surface area contributed by atoms with Crippen molar-refractivity contribution >= 4 is 0 Å².